The molecule has 3 N–H and O–H groups in total. The van der Waals surface area contributed by atoms with Crippen LogP contribution in [0.25, 0.3) is 0 Å². The first-order valence-corrected chi connectivity index (χ1v) is 13.9. The number of fused-ring (bicyclic) bond motifs is 1. The summed E-state index contributed by atoms with van der Waals surface area (Å²) in [5.41, 5.74) is -3.69. The van der Waals surface area contributed by atoms with Gasteiger partial charge in [-0.05, 0) is 48.9 Å². The zero-order chi connectivity index (χ0) is 30.6. The van der Waals surface area contributed by atoms with Crippen molar-refractivity contribution in [2.45, 2.75) is 111 Å². The maximum atomic E-state index is 13.9. The Morgan fingerprint density at radius 3 is 2.00 bits per heavy atom. The van der Waals surface area contributed by atoms with E-state index in [-0.39, 0.29) is 29.7 Å². The number of rotatable bonds is 9. The van der Waals surface area contributed by atoms with Crippen molar-refractivity contribution in [3.63, 3.8) is 0 Å². The number of piperidine rings is 1. The Hall–Kier alpha value is -2.66. The van der Waals surface area contributed by atoms with E-state index in [2.05, 4.69) is 10.6 Å². The van der Waals surface area contributed by atoms with E-state index in [1.165, 1.54) is 11.8 Å². The summed E-state index contributed by atoms with van der Waals surface area (Å²) in [6.07, 6.45) is -1.52. The van der Waals surface area contributed by atoms with Crippen molar-refractivity contribution in [3.8, 4) is 0 Å². The summed E-state index contributed by atoms with van der Waals surface area (Å²) in [4.78, 5) is 66.2. The highest BCUT2D eigenvalue weighted by Crippen LogP contribution is 2.65. The molecule has 226 valence electrons. The number of nitrogens with zero attached hydrogens (tertiary/aromatic N) is 1. The number of hydrogen-bond donors (Lipinski definition) is 3. The normalized spacial score (nSPS) is 25.7. The van der Waals surface area contributed by atoms with Crippen LogP contribution in [0.1, 0.15) is 81.1 Å². The van der Waals surface area contributed by atoms with Crippen molar-refractivity contribution in [2.75, 3.05) is 6.54 Å². The molecule has 40 heavy (non-hydrogen) atoms. The van der Waals surface area contributed by atoms with Crippen LogP contribution in [0.3, 0.4) is 0 Å². The van der Waals surface area contributed by atoms with Crippen LogP contribution < -0.4 is 16.0 Å². The van der Waals surface area contributed by atoms with E-state index in [1.54, 1.807) is 20.8 Å². The Bertz CT molecular complexity index is 1060. The lowest BCUT2D eigenvalue weighted by Crippen LogP contribution is -2.63. The molecular weight excluding hydrogens is 529 g/mol. The summed E-state index contributed by atoms with van der Waals surface area (Å²) >= 11 is 0. The van der Waals surface area contributed by atoms with Gasteiger partial charge in [0, 0.05) is 13.5 Å². The third-order valence-electron chi connectivity index (χ3n) is 9.06. The van der Waals surface area contributed by atoms with Crippen molar-refractivity contribution < 1.29 is 37.1 Å². The molecule has 0 aromatic carbocycles. The quantitative estimate of drug-likeness (QED) is 0.366. The van der Waals surface area contributed by atoms with Gasteiger partial charge in [-0.15, -0.1) is 0 Å². The fourth-order valence-corrected chi connectivity index (χ4v) is 5.95. The van der Waals surface area contributed by atoms with Gasteiger partial charge < -0.3 is 20.9 Å². The second kappa shape index (κ2) is 10.6. The van der Waals surface area contributed by atoms with Crippen molar-refractivity contribution in [2.24, 2.45) is 28.6 Å². The zero-order valence-corrected chi connectivity index (χ0v) is 24.6. The zero-order valence-electron chi connectivity index (χ0n) is 24.6. The smallest absolute Gasteiger partial charge is 0.344 e. The monoisotopic (exact) mass is 572 g/mol. The maximum absolute atomic E-state index is 13.9. The minimum absolute atomic E-state index is 0.000557. The van der Waals surface area contributed by atoms with Gasteiger partial charge in [0.1, 0.15) is 17.6 Å². The molecule has 0 bridgehead atoms. The molecule has 3 aliphatic rings. The van der Waals surface area contributed by atoms with Crippen LogP contribution in [0, 0.1) is 28.6 Å². The minimum Gasteiger partial charge on any atom is -0.344 e. The van der Waals surface area contributed by atoms with Crippen LogP contribution in [0.4, 0.5) is 18.0 Å². The molecule has 2 aliphatic carbocycles. The second-order valence-electron chi connectivity index (χ2n) is 13.9. The molecule has 0 spiro atoms. The number of carbonyl (C=O) groups is 5. The molecule has 1 saturated heterocycles. The first-order chi connectivity index (χ1) is 18.1. The molecule has 1 aliphatic heterocycles. The van der Waals surface area contributed by atoms with Crippen molar-refractivity contribution in [3.05, 3.63) is 0 Å². The largest absolute Gasteiger partial charge is 0.411 e. The molecule has 0 aromatic heterocycles. The summed E-state index contributed by atoms with van der Waals surface area (Å²) < 4.78 is 40.0. The first-order valence-electron chi connectivity index (χ1n) is 13.9. The highest BCUT2D eigenvalue weighted by molar-refractivity contribution is 6.38. The van der Waals surface area contributed by atoms with Crippen LogP contribution in [0.2, 0.25) is 0 Å². The predicted octanol–water partition coefficient (Wildman–Crippen LogP) is 3.36. The third-order valence-corrected chi connectivity index (χ3v) is 9.06. The van der Waals surface area contributed by atoms with Crippen molar-refractivity contribution in [1.82, 2.24) is 20.9 Å². The number of ketones is 2. The SMILES string of the molecule is CC(=O)C(=O)C(CC1CCC1)NC(=O)[C@@H]1[C@@H]2[C@H](CN1C(=O)[C@@H](NC(=O)NC(C)(C)C(F)(F)F)C(C)(C)C)C2(C)C. The summed E-state index contributed by atoms with van der Waals surface area (Å²) in [6, 6.07) is -4.33. The van der Waals surface area contributed by atoms with E-state index in [0.29, 0.717) is 6.42 Å². The Labute approximate surface area is 233 Å². The van der Waals surface area contributed by atoms with E-state index in [1.807, 2.05) is 19.2 Å². The molecular formula is C28H43F3N4O5. The summed E-state index contributed by atoms with van der Waals surface area (Å²) in [6.45, 7) is 12.0. The van der Waals surface area contributed by atoms with Gasteiger partial charge in [-0.25, -0.2) is 4.79 Å². The van der Waals surface area contributed by atoms with Crippen molar-refractivity contribution in [1.29, 1.82) is 0 Å². The van der Waals surface area contributed by atoms with Gasteiger partial charge in [0.15, 0.2) is 5.78 Å². The van der Waals surface area contributed by atoms with E-state index in [4.69, 9.17) is 0 Å². The second-order valence-corrected chi connectivity index (χ2v) is 13.9. The van der Waals surface area contributed by atoms with E-state index in [9.17, 15) is 37.1 Å². The Kier molecular flexibility index (Phi) is 8.47. The molecule has 0 aromatic rings. The number of urea groups is 1. The number of alkyl halides is 3. The predicted molar refractivity (Wildman–Crippen MR) is 141 cm³/mol. The van der Waals surface area contributed by atoms with Crippen LogP contribution in [0.5, 0.6) is 0 Å². The van der Waals surface area contributed by atoms with Gasteiger partial charge in [0.25, 0.3) is 0 Å². The molecule has 1 unspecified atom stereocenters. The van der Waals surface area contributed by atoms with Crippen LogP contribution in [-0.4, -0.2) is 70.7 Å². The molecule has 3 fully saturated rings. The lowest BCUT2D eigenvalue weighted by Gasteiger charge is -2.38. The van der Waals surface area contributed by atoms with Gasteiger partial charge in [0.05, 0.1) is 6.04 Å². The average molecular weight is 573 g/mol. The molecule has 3 rings (SSSR count). The Balaban J connectivity index is 1.83. The van der Waals surface area contributed by atoms with Crippen LogP contribution >= 0.6 is 0 Å². The van der Waals surface area contributed by atoms with Crippen molar-refractivity contribution >= 4 is 29.4 Å². The van der Waals surface area contributed by atoms with Gasteiger partial charge >= 0.3 is 12.2 Å². The Morgan fingerprint density at radius 1 is 0.975 bits per heavy atom. The van der Waals surface area contributed by atoms with Gasteiger partial charge in [-0.3, -0.25) is 19.2 Å². The number of likely N-dealkylation sites (tertiary alicyclic amines) is 1. The van der Waals surface area contributed by atoms with Gasteiger partial charge in [-0.2, -0.15) is 13.2 Å². The maximum Gasteiger partial charge on any atom is 0.411 e. The number of nitrogens with one attached hydrogen (secondary N) is 3. The highest BCUT2D eigenvalue weighted by atomic mass is 19.4. The van der Waals surface area contributed by atoms with E-state index >= 15 is 0 Å². The first kappa shape index (κ1) is 31.9. The number of amides is 4. The minimum atomic E-state index is -4.72. The van der Waals surface area contributed by atoms with Gasteiger partial charge in [-0.1, -0.05) is 53.9 Å². The number of Topliss-reactive ketones (excluding diaryl/α,β-unsaturated/α-hetero) is 2. The molecule has 1 heterocycles. The number of carbonyl (C=O) groups excluding carboxylic acids is 5. The lowest BCUT2D eigenvalue weighted by molar-refractivity contribution is -0.182. The number of halogens is 3. The summed E-state index contributed by atoms with van der Waals surface area (Å²) in [7, 11) is 0. The van der Waals surface area contributed by atoms with E-state index in [0.717, 1.165) is 33.1 Å². The Morgan fingerprint density at radius 2 is 1.55 bits per heavy atom. The van der Waals surface area contributed by atoms with Crippen LogP contribution in [0.15, 0.2) is 0 Å². The summed E-state index contributed by atoms with van der Waals surface area (Å²) in [5, 5.41) is 7.07. The van der Waals surface area contributed by atoms with Gasteiger partial charge in [0.2, 0.25) is 17.6 Å². The third kappa shape index (κ3) is 6.30. The lowest BCUT2D eigenvalue weighted by atomic mass is 9.79. The van der Waals surface area contributed by atoms with Crippen LogP contribution in [-0.2, 0) is 19.2 Å². The molecule has 5 atom stereocenters. The molecule has 12 heteroatoms. The standard InChI is InChI=1S/C28H43F3N4O5/c1-14(36)20(37)17(12-15-10-9-11-15)32-22(38)19-18-16(26(18,5)6)13-35(19)23(39)21(25(2,3)4)33-24(40)34-27(7,8)28(29,30)31/h15-19,21H,9-13H2,1-8H3,(H,32,38)(H2,33,34,40)/t16-,17?,18-,19-,21+/m0/s1. The molecule has 9 nitrogen and oxygen atoms in total. The molecule has 4 amide bonds. The van der Waals surface area contributed by atoms with E-state index < -0.39 is 64.7 Å². The topological polar surface area (TPSA) is 125 Å². The summed E-state index contributed by atoms with van der Waals surface area (Å²) in [5.74, 6) is -2.44. The average Bonchev–Trinajstić information content (AvgIpc) is 3.10. The fraction of sp³-hybridized carbons (Fsp3) is 0.821. The molecule has 0 radical (unpaired) electrons. The highest BCUT2D eigenvalue weighted by Gasteiger charge is 2.70. The fourth-order valence-electron chi connectivity index (χ4n) is 5.95. The molecule has 2 saturated carbocycles. The number of hydrogen-bond acceptors (Lipinski definition) is 5.